The van der Waals surface area contributed by atoms with Crippen LogP contribution in [0.15, 0.2) is 48.5 Å². The van der Waals surface area contributed by atoms with Crippen LogP contribution in [0, 0.1) is 11.8 Å². The molecule has 0 spiro atoms. The molecule has 0 radical (unpaired) electrons. The van der Waals surface area contributed by atoms with Crippen molar-refractivity contribution in [1.29, 1.82) is 0 Å². The molecule has 220 valence electrons. The number of nitrogens with one attached hydrogen (secondary N) is 1. The van der Waals surface area contributed by atoms with E-state index in [1.807, 2.05) is 48.5 Å². The molecule has 0 aliphatic rings. The fourth-order valence-corrected chi connectivity index (χ4v) is 4.36. The molecule has 4 atom stereocenters. The summed E-state index contributed by atoms with van der Waals surface area (Å²) in [4.78, 5) is 13.0. The van der Waals surface area contributed by atoms with Crippen molar-refractivity contribution in [2.24, 2.45) is 17.6 Å². The van der Waals surface area contributed by atoms with Crippen LogP contribution in [0.25, 0.3) is 0 Å². The highest BCUT2D eigenvalue weighted by Gasteiger charge is 2.35. The average Bonchev–Trinajstić information content (AvgIpc) is 2.93. The van der Waals surface area contributed by atoms with Crippen molar-refractivity contribution in [3.05, 3.63) is 59.7 Å². The van der Waals surface area contributed by atoms with Gasteiger partial charge < -0.3 is 35.1 Å². The van der Waals surface area contributed by atoms with E-state index in [9.17, 15) is 9.90 Å². The molecule has 2 aromatic rings. The summed E-state index contributed by atoms with van der Waals surface area (Å²) in [5.41, 5.74) is 7.11. The zero-order chi connectivity index (χ0) is 28.1. The Labute approximate surface area is 240 Å². The molecule has 0 bridgehead atoms. The molecule has 0 aromatic heterocycles. The zero-order valence-corrected chi connectivity index (χ0v) is 25.0. The quantitative estimate of drug-likeness (QED) is 0.247. The lowest BCUT2D eigenvalue weighted by Gasteiger charge is -2.30. The number of amides is 1. The first-order chi connectivity index (χ1) is 18.2. The summed E-state index contributed by atoms with van der Waals surface area (Å²) in [5, 5.41) is 13.6. The van der Waals surface area contributed by atoms with Crippen LogP contribution in [0.4, 0.5) is 0 Å². The van der Waals surface area contributed by atoms with Gasteiger partial charge in [0, 0.05) is 39.8 Å². The molecule has 39 heavy (non-hydrogen) atoms. The fraction of sp³-hybridized carbons (Fsp3) is 0.567. The smallest absolute Gasteiger partial charge is 0.256 e. The number of nitrogens with two attached hydrogens (primary N) is 1. The minimum absolute atomic E-state index is 0. The third-order valence-electron chi connectivity index (χ3n) is 7.13. The molecule has 0 fully saturated rings. The first-order valence-electron chi connectivity index (χ1n) is 13.3. The second kappa shape index (κ2) is 17.4. The van der Waals surface area contributed by atoms with E-state index in [1.165, 1.54) is 7.11 Å². The van der Waals surface area contributed by atoms with Gasteiger partial charge in [0.05, 0.1) is 19.8 Å². The predicted molar refractivity (Wildman–Crippen MR) is 157 cm³/mol. The Hall–Kier alpha value is -2.36. The summed E-state index contributed by atoms with van der Waals surface area (Å²) in [6.07, 6.45) is 1.27. The summed E-state index contributed by atoms with van der Waals surface area (Å²) in [6, 6.07) is 14.7. The van der Waals surface area contributed by atoms with Gasteiger partial charge in [0.2, 0.25) is 0 Å². The lowest BCUT2D eigenvalue weighted by atomic mass is 9.83. The highest BCUT2D eigenvalue weighted by Crippen LogP contribution is 2.31. The van der Waals surface area contributed by atoms with Gasteiger partial charge in [-0.15, -0.1) is 12.4 Å². The van der Waals surface area contributed by atoms with Crippen molar-refractivity contribution < 1.29 is 28.8 Å². The molecule has 0 heterocycles. The normalized spacial score (nSPS) is 15.0. The van der Waals surface area contributed by atoms with E-state index in [0.29, 0.717) is 37.1 Å². The van der Waals surface area contributed by atoms with Crippen molar-refractivity contribution in [3.8, 4) is 11.5 Å². The third-order valence-corrected chi connectivity index (χ3v) is 7.13. The fourth-order valence-electron chi connectivity index (χ4n) is 4.36. The predicted octanol–water partition coefficient (Wildman–Crippen LogP) is 4.10. The maximum absolute atomic E-state index is 13.0. The summed E-state index contributed by atoms with van der Waals surface area (Å²) >= 11 is 0. The number of halogens is 1. The van der Waals surface area contributed by atoms with E-state index in [2.05, 4.69) is 19.2 Å². The number of aliphatic hydroxyl groups excluding tert-OH is 1. The largest absolute Gasteiger partial charge is 0.493 e. The van der Waals surface area contributed by atoms with Crippen molar-refractivity contribution >= 4 is 18.3 Å². The van der Waals surface area contributed by atoms with Crippen LogP contribution in [0.2, 0.25) is 0 Å². The topological polar surface area (TPSA) is 112 Å². The summed E-state index contributed by atoms with van der Waals surface area (Å²) in [6.45, 7) is 7.23. The average molecular weight is 567 g/mol. The molecule has 0 aliphatic carbocycles. The van der Waals surface area contributed by atoms with Gasteiger partial charge in [0.15, 0.2) is 17.1 Å². The van der Waals surface area contributed by atoms with Gasteiger partial charge in [-0.3, -0.25) is 4.79 Å². The van der Waals surface area contributed by atoms with Gasteiger partial charge in [-0.2, -0.15) is 0 Å². The molecule has 2 rings (SSSR count). The van der Waals surface area contributed by atoms with Crippen LogP contribution in [0.3, 0.4) is 0 Å². The monoisotopic (exact) mass is 566 g/mol. The Kier molecular flexibility index (Phi) is 15.4. The van der Waals surface area contributed by atoms with E-state index < -0.39 is 17.7 Å². The van der Waals surface area contributed by atoms with E-state index in [-0.39, 0.29) is 30.8 Å². The number of benzene rings is 2. The first-order valence-corrected chi connectivity index (χ1v) is 13.3. The minimum Gasteiger partial charge on any atom is -0.493 e. The van der Waals surface area contributed by atoms with Crippen molar-refractivity contribution in [1.82, 2.24) is 5.32 Å². The summed E-state index contributed by atoms with van der Waals surface area (Å²) < 4.78 is 22.0. The molecular weight excluding hydrogens is 520 g/mol. The lowest BCUT2D eigenvalue weighted by Crippen LogP contribution is -2.50. The zero-order valence-electron chi connectivity index (χ0n) is 24.1. The number of ether oxygens (including phenoxy) is 4. The number of carbonyl (C=O) groups is 1. The molecule has 4 N–H and O–H groups in total. The highest BCUT2D eigenvalue weighted by atomic mass is 35.5. The summed E-state index contributed by atoms with van der Waals surface area (Å²) in [5.74, 6) is 1.63. The van der Waals surface area contributed by atoms with Gasteiger partial charge in [0.25, 0.3) is 5.91 Å². The van der Waals surface area contributed by atoms with Crippen LogP contribution in [-0.4, -0.2) is 64.2 Å². The second-order valence-electron chi connectivity index (χ2n) is 10.2. The van der Waals surface area contributed by atoms with Crippen LogP contribution in [-0.2, 0) is 26.3 Å². The van der Waals surface area contributed by atoms with Crippen molar-refractivity contribution in [2.75, 3.05) is 41.1 Å². The molecule has 0 saturated heterocycles. The number of methoxy groups -OCH3 is 3. The number of carbonyl (C=O) groups excluding carboxylic acids is 1. The maximum atomic E-state index is 13.0. The molecule has 1 amide bonds. The Balaban J connectivity index is 0.00000760. The molecular formula is C30H47ClN2O6. The Bertz CT molecular complexity index is 977. The highest BCUT2D eigenvalue weighted by molar-refractivity contribution is 5.86. The van der Waals surface area contributed by atoms with Crippen LogP contribution in [0.5, 0.6) is 11.5 Å². The molecule has 9 heteroatoms. The van der Waals surface area contributed by atoms with Crippen LogP contribution >= 0.6 is 12.4 Å². The van der Waals surface area contributed by atoms with Gasteiger partial charge >= 0.3 is 0 Å². The number of hydrogen-bond acceptors (Lipinski definition) is 7. The Morgan fingerprint density at radius 3 is 2.33 bits per heavy atom. The molecule has 2 aromatic carbocycles. The Morgan fingerprint density at radius 1 is 1.05 bits per heavy atom. The molecule has 0 aliphatic heterocycles. The number of rotatable bonds is 17. The standard InChI is InChI=1S/C30H46N2O6.ClH/c1-21(2)23(17-22-13-14-27(36-5)28(18-22)38-16-10-15-35-4)19-25(31)26(33)20-32-29(34)30(3,37-6)24-11-8-7-9-12-24;/h7-9,11-14,18,21,23,25-26,33H,10,15-17,19-20,31H2,1-6H3,(H,32,34);1H. The molecule has 0 saturated carbocycles. The molecule has 8 nitrogen and oxygen atoms in total. The summed E-state index contributed by atoms with van der Waals surface area (Å²) in [7, 11) is 4.80. The Morgan fingerprint density at radius 2 is 1.74 bits per heavy atom. The maximum Gasteiger partial charge on any atom is 0.256 e. The van der Waals surface area contributed by atoms with E-state index in [4.69, 9.17) is 24.7 Å². The number of aliphatic hydroxyl groups is 1. The minimum atomic E-state index is -1.16. The van der Waals surface area contributed by atoms with E-state index >= 15 is 0 Å². The molecule has 4 unspecified atom stereocenters. The van der Waals surface area contributed by atoms with Gasteiger partial charge in [-0.05, 0) is 54.9 Å². The van der Waals surface area contributed by atoms with Crippen molar-refractivity contribution in [2.45, 2.75) is 57.8 Å². The van der Waals surface area contributed by atoms with Crippen LogP contribution < -0.4 is 20.5 Å². The third kappa shape index (κ3) is 10.3. The van der Waals surface area contributed by atoms with Crippen molar-refractivity contribution in [3.63, 3.8) is 0 Å². The van der Waals surface area contributed by atoms with Gasteiger partial charge in [0.1, 0.15) is 0 Å². The van der Waals surface area contributed by atoms with E-state index in [0.717, 1.165) is 24.0 Å². The number of hydrogen-bond donors (Lipinski definition) is 3. The SMILES string of the molecule is COCCCOc1cc(CC(CC(N)C(O)CNC(=O)C(C)(OC)c2ccccc2)C(C)C)ccc1OC.Cl. The van der Waals surface area contributed by atoms with Crippen LogP contribution in [0.1, 0.15) is 44.7 Å². The second-order valence-corrected chi connectivity index (χ2v) is 10.2. The first kappa shape index (κ1) is 34.7. The van der Waals surface area contributed by atoms with Gasteiger partial charge in [-0.1, -0.05) is 50.2 Å². The lowest BCUT2D eigenvalue weighted by molar-refractivity contribution is -0.143. The van der Waals surface area contributed by atoms with Gasteiger partial charge in [-0.25, -0.2) is 0 Å². The van der Waals surface area contributed by atoms with E-state index in [1.54, 1.807) is 21.1 Å².